The van der Waals surface area contributed by atoms with Crippen LogP contribution in [0.3, 0.4) is 0 Å². The molecule has 22 heavy (non-hydrogen) atoms. The van der Waals surface area contributed by atoms with Crippen molar-refractivity contribution in [3.63, 3.8) is 0 Å². The van der Waals surface area contributed by atoms with E-state index in [1.165, 1.54) is 18.8 Å². The first-order valence-corrected chi connectivity index (χ1v) is 7.65. The van der Waals surface area contributed by atoms with Crippen LogP contribution in [0.1, 0.15) is 12.5 Å². The quantitative estimate of drug-likeness (QED) is 0.829. The number of allylic oxidation sites excluding steroid dienone is 1. The Bertz CT molecular complexity index is 387. The van der Waals surface area contributed by atoms with E-state index in [1.807, 2.05) is 6.92 Å². The zero-order valence-electron chi connectivity index (χ0n) is 13.8. The molecule has 1 aliphatic heterocycles. The van der Waals surface area contributed by atoms with Crippen LogP contribution < -0.4 is 11.5 Å². The predicted octanol–water partition coefficient (Wildman–Crippen LogP) is 1.64. The standard InChI is InChI=1S/C11H15NO.C5H10N2.CH5N/c1-2-4-11(5-3-1)10-12-6-8-13-9-7-12;1-2-7-5-3-4-6;1-2/h1-5H,6-10H2;3-5H,2,6H2,1H3;2H2,1H3/b;4-3-,7-5?;. The Labute approximate surface area is 134 Å². The molecule has 0 atom stereocenters. The van der Waals surface area contributed by atoms with Crippen LogP contribution in [0.15, 0.2) is 47.6 Å². The number of morpholine rings is 1. The minimum absolute atomic E-state index is 0.824. The molecule has 5 heteroatoms. The summed E-state index contributed by atoms with van der Waals surface area (Å²) in [5.74, 6) is 0. The molecule has 1 saturated heterocycles. The van der Waals surface area contributed by atoms with Crippen molar-refractivity contribution in [1.29, 1.82) is 0 Å². The van der Waals surface area contributed by atoms with E-state index in [-0.39, 0.29) is 0 Å². The summed E-state index contributed by atoms with van der Waals surface area (Å²) in [5.41, 5.74) is 10.9. The molecule has 0 aliphatic carbocycles. The lowest BCUT2D eigenvalue weighted by atomic mass is 10.2. The van der Waals surface area contributed by atoms with Gasteiger partial charge < -0.3 is 16.2 Å². The maximum absolute atomic E-state index is 5.30. The number of hydrogen-bond donors (Lipinski definition) is 2. The van der Waals surface area contributed by atoms with Gasteiger partial charge in [-0.05, 0) is 31.8 Å². The second-order valence-electron chi connectivity index (χ2n) is 4.41. The van der Waals surface area contributed by atoms with Crippen molar-refractivity contribution in [3.05, 3.63) is 48.2 Å². The number of rotatable bonds is 4. The molecule has 4 N–H and O–H groups in total. The third-order valence-corrected chi connectivity index (χ3v) is 2.84. The van der Waals surface area contributed by atoms with Gasteiger partial charge in [0.1, 0.15) is 0 Å². The van der Waals surface area contributed by atoms with E-state index in [0.717, 1.165) is 39.4 Å². The highest BCUT2D eigenvalue weighted by Gasteiger charge is 2.09. The van der Waals surface area contributed by atoms with Gasteiger partial charge in [-0.3, -0.25) is 9.89 Å². The summed E-state index contributed by atoms with van der Waals surface area (Å²) in [6.45, 7) is 7.75. The molecule has 5 nitrogen and oxygen atoms in total. The third kappa shape index (κ3) is 11.0. The van der Waals surface area contributed by atoms with Crippen LogP contribution in [0.25, 0.3) is 0 Å². The molecule has 0 radical (unpaired) electrons. The van der Waals surface area contributed by atoms with Gasteiger partial charge in [0.15, 0.2) is 0 Å². The highest BCUT2D eigenvalue weighted by molar-refractivity contribution is 5.70. The third-order valence-electron chi connectivity index (χ3n) is 2.84. The fraction of sp³-hybridized carbons (Fsp3) is 0.471. The monoisotopic (exact) mass is 306 g/mol. The van der Waals surface area contributed by atoms with Crippen LogP contribution in [0.5, 0.6) is 0 Å². The highest BCUT2D eigenvalue weighted by Crippen LogP contribution is 2.05. The Morgan fingerprint density at radius 2 is 1.82 bits per heavy atom. The second-order valence-corrected chi connectivity index (χ2v) is 4.41. The van der Waals surface area contributed by atoms with Crippen LogP contribution in [-0.4, -0.2) is 51.0 Å². The molecule has 0 unspecified atom stereocenters. The van der Waals surface area contributed by atoms with E-state index in [4.69, 9.17) is 10.5 Å². The topological polar surface area (TPSA) is 76.9 Å². The van der Waals surface area contributed by atoms with Crippen molar-refractivity contribution in [1.82, 2.24) is 4.90 Å². The van der Waals surface area contributed by atoms with Crippen LogP contribution in [0.4, 0.5) is 0 Å². The van der Waals surface area contributed by atoms with E-state index >= 15 is 0 Å². The summed E-state index contributed by atoms with van der Waals surface area (Å²) in [6.07, 6.45) is 4.84. The van der Waals surface area contributed by atoms with E-state index in [2.05, 4.69) is 46.0 Å². The molecule has 1 heterocycles. The Hall–Kier alpha value is -1.69. The van der Waals surface area contributed by atoms with Gasteiger partial charge >= 0.3 is 0 Å². The molecule has 1 aliphatic rings. The predicted molar refractivity (Wildman–Crippen MR) is 95.0 cm³/mol. The molecule has 1 aromatic carbocycles. The summed E-state index contributed by atoms with van der Waals surface area (Å²) in [4.78, 5) is 6.30. The molecular weight excluding hydrogens is 276 g/mol. The van der Waals surface area contributed by atoms with Gasteiger partial charge in [-0.15, -0.1) is 0 Å². The number of nitrogens with zero attached hydrogens (tertiary/aromatic N) is 2. The number of benzene rings is 1. The lowest BCUT2D eigenvalue weighted by molar-refractivity contribution is 0.0342. The minimum Gasteiger partial charge on any atom is -0.405 e. The minimum atomic E-state index is 0.824. The van der Waals surface area contributed by atoms with Gasteiger partial charge in [0.05, 0.1) is 13.2 Å². The van der Waals surface area contributed by atoms with Gasteiger partial charge in [0.2, 0.25) is 0 Å². The van der Waals surface area contributed by atoms with E-state index in [0.29, 0.717) is 0 Å². The highest BCUT2D eigenvalue weighted by atomic mass is 16.5. The van der Waals surface area contributed by atoms with Gasteiger partial charge in [-0.2, -0.15) is 0 Å². The van der Waals surface area contributed by atoms with Crippen molar-refractivity contribution in [3.8, 4) is 0 Å². The van der Waals surface area contributed by atoms with Crippen molar-refractivity contribution >= 4 is 6.21 Å². The van der Waals surface area contributed by atoms with E-state index in [9.17, 15) is 0 Å². The number of nitrogens with two attached hydrogens (primary N) is 2. The van der Waals surface area contributed by atoms with Gasteiger partial charge in [0.25, 0.3) is 0 Å². The smallest absolute Gasteiger partial charge is 0.0594 e. The Kier molecular flexibility index (Phi) is 14.5. The Morgan fingerprint density at radius 1 is 1.18 bits per heavy atom. The number of hydrogen-bond acceptors (Lipinski definition) is 5. The molecule has 0 amide bonds. The van der Waals surface area contributed by atoms with E-state index in [1.54, 1.807) is 12.3 Å². The van der Waals surface area contributed by atoms with E-state index < -0.39 is 0 Å². The number of ether oxygens (including phenoxy) is 1. The SMILES string of the molecule is CCN=C/C=C\N.CN.c1ccc(CN2CCOCC2)cc1. The second kappa shape index (κ2) is 15.7. The molecule has 0 saturated carbocycles. The van der Waals surface area contributed by atoms with Gasteiger partial charge in [-0.25, -0.2) is 0 Å². The zero-order chi connectivity index (χ0) is 16.5. The summed E-state index contributed by atoms with van der Waals surface area (Å²) in [6, 6.07) is 10.6. The first-order valence-electron chi connectivity index (χ1n) is 7.65. The lowest BCUT2D eigenvalue weighted by Crippen LogP contribution is -2.35. The molecular formula is C17H30N4O. The normalized spacial score (nSPS) is 15.0. The van der Waals surface area contributed by atoms with Crippen molar-refractivity contribution in [2.24, 2.45) is 16.5 Å². The molecule has 1 fully saturated rings. The molecule has 0 aromatic heterocycles. The Morgan fingerprint density at radius 3 is 2.36 bits per heavy atom. The van der Waals surface area contributed by atoms with Crippen LogP contribution >= 0.6 is 0 Å². The lowest BCUT2D eigenvalue weighted by Gasteiger charge is -2.26. The molecule has 2 rings (SSSR count). The number of aliphatic imine (C=N–C) groups is 1. The van der Waals surface area contributed by atoms with Crippen LogP contribution in [0.2, 0.25) is 0 Å². The summed E-state index contributed by atoms with van der Waals surface area (Å²) < 4.78 is 5.30. The maximum atomic E-state index is 5.30. The maximum Gasteiger partial charge on any atom is 0.0594 e. The first kappa shape index (κ1) is 20.3. The van der Waals surface area contributed by atoms with Crippen molar-refractivity contribution in [2.75, 3.05) is 39.9 Å². The summed E-state index contributed by atoms with van der Waals surface area (Å²) in [5, 5.41) is 0. The van der Waals surface area contributed by atoms with Crippen LogP contribution in [-0.2, 0) is 11.3 Å². The first-order chi connectivity index (χ1) is 10.9. The largest absolute Gasteiger partial charge is 0.405 e. The average Bonchev–Trinajstić information content (AvgIpc) is 2.60. The van der Waals surface area contributed by atoms with Crippen LogP contribution in [0, 0.1) is 0 Å². The van der Waals surface area contributed by atoms with Crippen molar-refractivity contribution in [2.45, 2.75) is 13.5 Å². The zero-order valence-corrected chi connectivity index (χ0v) is 13.8. The average molecular weight is 306 g/mol. The van der Waals surface area contributed by atoms with Gasteiger partial charge in [-0.1, -0.05) is 30.3 Å². The molecule has 124 valence electrons. The Balaban J connectivity index is 0.000000421. The van der Waals surface area contributed by atoms with Gasteiger partial charge in [0, 0.05) is 32.4 Å². The molecule has 0 bridgehead atoms. The summed E-state index contributed by atoms with van der Waals surface area (Å²) in [7, 11) is 1.50. The fourth-order valence-electron chi connectivity index (χ4n) is 1.82. The molecule has 1 aromatic rings. The molecule has 0 spiro atoms. The fourth-order valence-corrected chi connectivity index (χ4v) is 1.82. The summed E-state index contributed by atoms with van der Waals surface area (Å²) >= 11 is 0. The van der Waals surface area contributed by atoms with Crippen molar-refractivity contribution < 1.29 is 4.74 Å².